The van der Waals surface area contributed by atoms with Gasteiger partial charge in [-0.2, -0.15) is 0 Å². The van der Waals surface area contributed by atoms with Gasteiger partial charge in [0.2, 0.25) is 12.1 Å². The Hall–Kier alpha value is -2.09. The smallest absolute Gasteiger partial charge is 0.270 e. The first-order chi connectivity index (χ1) is 10.5. The molecule has 0 amide bonds. The highest BCUT2D eigenvalue weighted by Crippen LogP contribution is 2.17. The van der Waals surface area contributed by atoms with Crippen LogP contribution in [0.3, 0.4) is 0 Å². The Kier molecular flexibility index (Phi) is 7.38. The standard InChI is InChI=1S/C15H19NO6/c1-4-22-10-12(14(17)15(20-2)21-3)8-11-6-5-7-13(9-11)16(18)19/h5-9,15H,4,10H2,1-3H3/b12-8+. The number of ether oxygens (including phenoxy) is 3. The van der Waals surface area contributed by atoms with Crippen molar-refractivity contribution in [2.24, 2.45) is 0 Å². The van der Waals surface area contributed by atoms with Crippen molar-refractivity contribution in [1.82, 2.24) is 0 Å². The van der Waals surface area contributed by atoms with Crippen LogP contribution in [0.4, 0.5) is 5.69 Å². The zero-order valence-corrected chi connectivity index (χ0v) is 12.8. The minimum Gasteiger partial charge on any atom is -0.377 e. The van der Waals surface area contributed by atoms with Crippen LogP contribution in [0, 0.1) is 10.1 Å². The molecule has 0 unspecified atom stereocenters. The number of hydrogen-bond acceptors (Lipinski definition) is 6. The highest BCUT2D eigenvalue weighted by Gasteiger charge is 2.21. The third kappa shape index (κ3) is 5.03. The van der Waals surface area contributed by atoms with Crippen molar-refractivity contribution in [3.8, 4) is 0 Å². The molecule has 0 aromatic heterocycles. The number of Topliss-reactive ketones (excluding diaryl/α,β-unsaturated/α-hetero) is 1. The van der Waals surface area contributed by atoms with Gasteiger partial charge in [0.25, 0.3) is 5.69 Å². The zero-order chi connectivity index (χ0) is 16.5. The van der Waals surface area contributed by atoms with E-state index >= 15 is 0 Å². The van der Waals surface area contributed by atoms with Gasteiger partial charge in [-0.1, -0.05) is 12.1 Å². The van der Waals surface area contributed by atoms with Gasteiger partial charge in [-0.15, -0.1) is 0 Å². The molecule has 0 fully saturated rings. The summed E-state index contributed by atoms with van der Waals surface area (Å²) < 4.78 is 15.2. The molecule has 7 heteroatoms. The molecule has 1 rings (SSSR count). The molecule has 1 aromatic rings. The maximum absolute atomic E-state index is 12.3. The molecule has 0 aliphatic carbocycles. The van der Waals surface area contributed by atoms with Crippen LogP contribution in [-0.4, -0.2) is 44.4 Å². The maximum Gasteiger partial charge on any atom is 0.270 e. The first kappa shape index (κ1) is 18.0. The van der Waals surface area contributed by atoms with Crippen LogP contribution in [0.2, 0.25) is 0 Å². The Morgan fingerprint density at radius 2 is 2.05 bits per heavy atom. The summed E-state index contributed by atoms with van der Waals surface area (Å²) >= 11 is 0. The van der Waals surface area contributed by atoms with Gasteiger partial charge in [0.1, 0.15) is 0 Å². The second kappa shape index (κ2) is 9.04. The van der Waals surface area contributed by atoms with Crippen LogP contribution in [0.25, 0.3) is 6.08 Å². The zero-order valence-electron chi connectivity index (χ0n) is 12.8. The van der Waals surface area contributed by atoms with Gasteiger partial charge in [0, 0.05) is 38.5 Å². The molecule has 0 aliphatic rings. The molecule has 1 aromatic carbocycles. The van der Waals surface area contributed by atoms with E-state index in [1.807, 2.05) is 0 Å². The molecule has 0 radical (unpaired) electrons. The van der Waals surface area contributed by atoms with Crippen molar-refractivity contribution in [3.63, 3.8) is 0 Å². The molecule has 22 heavy (non-hydrogen) atoms. The molecule has 0 saturated heterocycles. The average Bonchev–Trinajstić information content (AvgIpc) is 2.52. The second-order valence-corrected chi connectivity index (χ2v) is 4.33. The third-order valence-corrected chi connectivity index (χ3v) is 2.84. The predicted octanol–water partition coefficient (Wildman–Crippen LogP) is 2.20. The second-order valence-electron chi connectivity index (χ2n) is 4.33. The van der Waals surface area contributed by atoms with Crippen LogP contribution in [0.15, 0.2) is 29.8 Å². The first-order valence-electron chi connectivity index (χ1n) is 6.66. The summed E-state index contributed by atoms with van der Waals surface area (Å²) in [4.78, 5) is 22.6. The van der Waals surface area contributed by atoms with Crippen molar-refractivity contribution in [2.45, 2.75) is 13.2 Å². The van der Waals surface area contributed by atoms with Crippen molar-refractivity contribution >= 4 is 17.5 Å². The van der Waals surface area contributed by atoms with E-state index in [0.29, 0.717) is 17.7 Å². The number of ketones is 1. The minimum atomic E-state index is -1.04. The fourth-order valence-corrected chi connectivity index (χ4v) is 1.79. The van der Waals surface area contributed by atoms with E-state index in [9.17, 15) is 14.9 Å². The summed E-state index contributed by atoms with van der Waals surface area (Å²) in [6.45, 7) is 2.31. The molecule has 0 atom stereocenters. The van der Waals surface area contributed by atoms with Gasteiger partial charge in [-0.25, -0.2) is 0 Å². The number of hydrogen-bond donors (Lipinski definition) is 0. The number of nitrogens with zero attached hydrogens (tertiary/aromatic N) is 1. The van der Waals surface area contributed by atoms with Gasteiger partial charge in [-0.3, -0.25) is 14.9 Å². The maximum atomic E-state index is 12.3. The van der Waals surface area contributed by atoms with Crippen LogP contribution in [-0.2, 0) is 19.0 Å². The summed E-state index contributed by atoms with van der Waals surface area (Å²) in [5, 5.41) is 10.8. The van der Waals surface area contributed by atoms with Crippen LogP contribution >= 0.6 is 0 Å². The summed E-state index contributed by atoms with van der Waals surface area (Å²) in [7, 11) is 2.72. The summed E-state index contributed by atoms with van der Waals surface area (Å²) in [5.74, 6) is -0.384. The topological polar surface area (TPSA) is 87.9 Å². The van der Waals surface area contributed by atoms with E-state index in [1.165, 1.54) is 32.4 Å². The van der Waals surface area contributed by atoms with Gasteiger partial charge in [-0.05, 0) is 18.6 Å². The summed E-state index contributed by atoms with van der Waals surface area (Å²) in [5.41, 5.74) is 0.797. The number of benzene rings is 1. The Labute approximate surface area is 128 Å². The number of rotatable bonds is 9. The van der Waals surface area contributed by atoms with Crippen molar-refractivity contribution in [3.05, 3.63) is 45.5 Å². The fraction of sp³-hybridized carbons (Fsp3) is 0.400. The lowest BCUT2D eigenvalue weighted by molar-refractivity contribution is -0.384. The number of carbonyl (C=O) groups excluding carboxylic acids is 1. The van der Waals surface area contributed by atoms with Crippen LogP contribution in [0.5, 0.6) is 0 Å². The van der Waals surface area contributed by atoms with Gasteiger partial charge >= 0.3 is 0 Å². The lowest BCUT2D eigenvalue weighted by Gasteiger charge is -2.14. The quantitative estimate of drug-likeness (QED) is 0.301. The Bertz CT molecular complexity index is 551. The highest BCUT2D eigenvalue weighted by molar-refractivity contribution is 6.02. The number of methoxy groups -OCH3 is 2. The molecule has 0 N–H and O–H groups in total. The van der Waals surface area contributed by atoms with E-state index in [2.05, 4.69) is 0 Å². The molecular formula is C15H19NO6. The Morgan fingerprint density at radius 1 is 1.36 bits per heavy atom. The molecule has 7 nitrogen and oxygen atoms in total. The summed E-state index contributed by atoms with van der Waals surface area (Å²) in [6.07, 6.45) is 0.501. The number of nitro benzene ring substituents is 1. The van der Waals surface area contributed by atoms with E-state index < -0.39 is 11.2 Å². The third-order valence-electron chi connectivity index (χ3n) is 2.84. The molecule has 120 valence electrons. The lowest BCUT2D eigenvalue weighted by atomic mass is 10.1. The normalized spacial score (nSPS) is 11.7. The molecule has 0 spiro atoms. The lowest BCUT2D eigenvalue weighted by Crippen LogP contribution is -2.28. The fourth-order valence-electron chi connectivity index (χ4n) is 1.79. The van der Waals surface area contributed by atoms with Gasteiger partial charge < -0.3 is 14.2 Å². The number of carbonyl (C=O) groups is 1. The average molecular weight is 309 g/mol. The monoisotopic (exact) mass is 309 g/mol. The SMILES string of the molecule is CCOC/C(=C\c1cccc([N+](=O)[O-])c1)C(=O)C(OC)OC. The predicted molar refractivity (Wildman–Crippen MR) is 80.4 cm³/mol. The van der Waals surface area contributed by atoms with E-state index in [4.69, 9.17) is 14.2 Å². The van der Waals surface area contributed by atoms with Crippen molar-refractivity contribution in [1.29, 1.82) is 0 Å². The van der Waals surface area contributed by atoms with E-state index in [1.54, 1.807) is 19.1 Å². The number of non-ortho nitro benzene ring substituents is 1. The summed E-state index contributed by atoms with van der Waals surface area (Å²) in [6, 6.07) is 5.99. The molecular weight excluding hydrogens is 290 g/mol. The van der Waals surface area contributed by atoms with Gasteiger partial charge in [0.05, 0.1) is 11.5 Å². The van der Waals surface area contributed by atoms with Crippen molar-refractivity contribution < 1.29 is 23.9 Å². The molecule has 0 heterocycles. The van der Waals surface area contributed by atoms with E-state index in [0.717, 1.165) is 0 Å². The van der Waals surface area contributed by atoms with Crippen LogP contribution < -0.4 is 0 Å². The van der Waals surface area contributed by atoms with Crippen LogP contribution in [0.1, 0.15) is 12.5 Å². The Balaban J connectivity index is 3.12. The number of nitro groups is 1. The minimum absolute atomic E-state index is 0.0491. The largest absolute Gasteiger partial charge is 0.377 e. The molecule has 0 aliphatic heterocycles. The highest BCUT2D eigenvalue weighted by atomic mass is 16.7. The molecule has 0 bridgehead atoms. The molecule has 0 saturated carbocycles. The Morgan fingerprint density at radius 3 is 2.59 bits per heavy atom. The van der Waals surface area contributed by atoms with Crippen molar-refractivity contribution in [2.75, 3.05) is 27.4 Å². The van der Waals surface area contributed by atoms with E-state index in [-0.39, 0.29) is 18.1 Å². The van der Waals surface area contributed by atoms with Gasteiger partial charge in [0.15, 0.2) is 0 Å². The first-order valence-corrected chi connectivity index (χ1v) is 6.66.